The monoisotopic (exact) mass is 353 g/mol. The first-order valence-corrected chi connectivity index (χ1v) is 7.74. The number of morpholine rings is 1. The Kier molecular flexibility index (Phi) is 3.99. The van der Waals surface area contributed by atoms with E-state index < -0.39 is 12.0 Å². The van der Waals surface area contributed by atoms with Crippen molar-refractivity contribution in [3.05, 3.63) is 33.8 Å². The number of carboxylic acid groups (broad SMARTS) is 1. The summed E-state index contributed by atoms with van der Waals surface area (Å²) in [5, 5.41) is 9.23. The smallest absolute Gasteiger partial charge is 0.328 e. The highest BCUT2D eigenvalue weighted by atomic mass is 79.9. The summed E-state index contributed by atoms with van der Waals surface area (Å²) in [6, 6.07) is 5.18. The molecule has 112 valence electrons. The fourth-order valence-corrected chi connectivity index (χ4v) is 3.48. The summed E-state index contributed by atoms with van der Waals surface area (Å²) in [5.41, 5.74) is 2.35. The number of aliphatic carboxylic acids is 1. The Hall–Kier alpha value is -1.40. The van der Waals surface area contributed by atoms with Crippen LogP contribution in [0, 0.1) is 5.92 Å². The van der Waals surface area contributed by atoms with Gasteiger partial charge in [0.25, 0.3) is 0 Å². The Balaban J connectivity index is 1.76. The van der Waals surface area contributed by atoms with Crippen LogP contribution in [0.1, 0.15) is 11.1 Å². The highest BCUT2D eigenvalue weighted by molar-refractivity contribution is 9.10. The predicted molar refractivity (Wildman–Crippen MR) is 79.0 cm³/mol. The highest BCUT2D eigenvalue weighted by Crippen LogP contribution is 2.31. The molecule has 1 fully saturated rings. The lowest BCUT2D eigenvalue weighted by Gasteiger charge is -2.34. The van der Waals surface area contributed by atoms with Crippen LogP contribution in [-0.4, -0.2) is 47.7 Å². The number of fused-ring (bicyclic) bond motifs is 1. The first-order valence-electron chi connectivity index (χ1n) is 6.94. The number of hydrogen-bond acceptors (Lipinski definition) is 3. The summed E-state index contributed by atoms with van der Waals surface area (Å²) in [7, 11) is 0. The summed E-state index contributed by atoms with van der Waals surface area (Å²) in [5.74, 6) is -1.23. The molecule has 1 saturated heterocycles. The van der Waals surface area contributed by atoms with E-state index in [-0.39, 0.29) is 18.4 Å². The SMILES string of the molecule is O=C(O)C1COCCN1C(=O)C1Cc2ccc(Br)cc2C1. The maximum absolute atomic E-state index is 12.7. The average molecular weight is 354 g/mol. The Labute approximate surface area is 131 Å². The number of ether oxygens (including phenoxy) is 1. The van der Waals surface area contributed by atoms with E-state index in [9.17, 15) is 14.7 Å². The van der Waals surface area contributed by atoms with Gasteiger partial charge in [-0.3, -0.25) is 4.79 Å². The zero-order chi connectivity index (χ0) is 15.0. The molecule has 0 aromatic heterocycles. The molecule has 1 aliphatic heterocycles. The van der Waals surface area contributed by atoms with Crippen LogP contribution in [0.4, 0.5) is 0 Å². The van der Waals surface area contributed by atoms with Crippen molar-refractivity contribution in [1.82, 2.24) is 4.90 Å². The molecule has 2 atom stereocenters. The van der Waals surface area contributed by atoms with E-state index in [4.69, 9.17) is 4.74 Å². The van der Waals surface area contributed by atoms with E-state index in [1.165, 1.54) is 16.0 Å². The van der Waals surface area contributed by atoms with E-state index in [2.05, 4.69) is 15.9 Å². The van der Waals surface area contributed by atoms with Gasteiger partial charge in [0.1, 0.15) is 0 Å². The maximum Gasteiger partial charge on any atom is 0.328 e. The van der Waals surface area contributed by atoms with Crippen LogP contribution in [0.3, 0.4) is 0 Å². The standard InChI is InChI=1S/C15H16BrNO4/c16-12-2-1-9-5-11(6-10(9)7-12)14(18)17-3-4-21-8-13(17)15(19)20/h1-2,7,11,13H,3-6,8H2,(H,19,20). The van der Waals surface area contributed by atoms with Crippen LogP contribution >= 0.6 is 15.9 Å². The second-order valence-electron chi connectivity index (χ2n) is 5.48. The summed E-state index contributed by atoms with van der Waals surface area (Å²) in [6.07, 6.45) is 1.36. The molecule has 1 amide bonds. The van der Waals surface area contributed by atoms with E-state index in [1.54, 1.807) is 0 Å². The van der Waals surface area contributed by atoms with E-state index in [0.717, 1.165) is 4.47 Å². The van der Waals surface area contributed by atoms with E-state index in [0.29, 0.717) is 26.0 Å². The molecule has 0 radical (unpaired) electrons. The lowest BCUT2D eigenvalue weighted by atomic mass is 10.0. The molecule has 1 N–H and O–H groups in total. The number of benzene rings is 1. The Morgan fingerprint density at radius 3 is 2.81 bits per heavy atom. The van der Waals surface area contributed by atoms with Gasteiger partial charge in [0.2, 0.25) is 5.91 Å². The molecule has 21 heavy (non-hydrogen) atoms. The molecule has 5 nitrogen and oxygen atoms in total. The molecular formula is C15H16BrNO4. The molecule has 6 heteroatoms. The molecule has 1 aromatic rings. The van der Waals surface area contributed by atoms with Crippen LogP contribution in [0.2, 0.25) is 0 Å². The lowest BCUT2D eigenvalue weighted by Crippen LogP contribution is -2.54. The number of nitrogens with zero attached hydrogens (tertiary/aromatic N) is 1. The van der Waals surface area contributed by atoms with Crippen molar-refractivity contribution in [2.24, 2.45) is 5.92 Å². The fourth-order valence-electron chi connectivity index (χ4n) is 3.07. The summed E-state index contributed by atoms with van der Waals surface area (Å²) < 4.78 is 6.19. The van der Waals surface area contributed by atoms with Gasteiger partial charge in [0, 0.05) is 16.9 Å². The fraction of sp³-hybridized carbons (Fsp3) is 0.467. The van der Waals surface area contributed by atoms with Crippen molar-refractivity contribution in [3.8, 4) is 0 Å². The van der Waals surface area contributed by atoms with Crippen LogP contribution < -0.4 is 0 Å². The van der Waals surface area contributed by atoms with Crippen molar-refractivity contribution < 1.29 is 19.4 Å². The summed E-state index contributed by atoms with van der Waals surface area (Å²) >= 11 is 3.44. The Bertz CT molecular complexity index is 589. The van der Waals surface area contributed by atoms with Gasteiger partial charge in [0.15, 0.2) is 6.04 Å². The van der Waals surface area contributed by atoms with E-state index in [1.807, 2.05) is 18.2 Å². The van der Waals surface area contributed by atoms with Crippen LogP contribution in [-0.2, 0) is 27.2 Å². The van der Waals surface area contributed by atoms with Gasteiger partial charge < -0.3 is 14.7 Å². The van der Waals surface area contributed by atoms with Crippen molar-refractivity contribution in [2.45, 2.75) is 18.9 Å². The van der Waals surface area contributed by atoms with Crippen molar-refractivity contribution in [1.29, 1.82) is 0 Å². The van der Waals surface area contributed by atoms with Gasteiger partial charge >= 0.3 is 5.97 Å². The van der Waals surface area contributed by atoms with Gasteiger partial charge in [-0.2, -0.15) is 0 Å². The van der Waals surface area contributed by atoms with Crippen molar-refractivity contribution in [2.75, 3.05) is 19.8 Å². The zero-order valence-corrected chi connectivity index (χ0v) is 13.0. The average Bonchev–Trinajstić information content (AvgIpc) is 2.89. The molecule has 2 unspecified atom stereocenters. The lowest BCUT2D eigenvalue weighted by molar-refractivity contribution is -0.160. The second-order valence-corrected chi connectivity index (χ2v) is 6.39. The summed E-state index contributed by atoms with van der Waals surface area (Å²) in [6.45, 7) is 0.833. The molecule has 0 bridgehead atoms. The van der Waals surface area contributed by atoms with Gasteiger partial charge in [0.05, 0.1) is 13.2 Å². The molecule has 2 aliphatic rings. The van der Waals surface area contributed by atoms with Gasteiger partial charge in [-0.05, 0) is 36.1 Å². The third-order valence-electron chi connectivity index (χ3n) is 4.15. The highest BCUT2D eigenvalue weighted by Gasteiger charge is 2.38. The zero-order valence-electron chi connectivity index (χ0n) is 11.4. The van der Waals surface area contributed by atoms with E-state index >= 15 is 0 Å². The van der Waals surface area contributed by atoms with Crippen LogP contribution in [0.5, 0.6) is 0 Å². The third kappa shape index (κ3) is 2.82. The summed E-state index contributed by atoms with van der Waals surface area (Å²) in [4.78, 5) is 25.4. The number of amides is 1. The first kappa shape index (κ1) is 14.5. The topological polar surface area (TPSA) is 66.8 Å². The molecular weight excluding hydrogens is 338 g/mol. The first-order chi connectivity index (χ1) is 10.1. The number of carbonyl (C=O) groups is 2. The second kappa shape index (κ2) is 5.77. The number of carboxylic acids is 1. The third-order valence-corrected chi connectivity index (χ3v) is 4.64. The quantitative estimate of drug-likeness (QED) is 0.874. The van der Waals surface area contributed by atoms with Gasteiger partial charge in [-0.25, -0.2) is 4.79 Å². The minimum Gasteiger partial charge on any atom is -0.480 e. The number of hydrogen-bond donors (Lipinski definition) is 1. The predicted octanol–water partition coefficient (Wildman–Crippen LogP) is 1.48. The number of rotatable bonds is 2. The molecule has 3 rings (SSSR count). The minimum atomic E-state index is -0.999. The maximum atomic E-state index is 12.7. The van der Waals surface area contributed by atoms with Gasteiger partial charge in [-0.1, -0.05) is 22.0 Å². The molecule has 1 heterocycles. The molecule has 0 spiro atoms. The number of carbonyl (C=O) groups excluding carboxylic acids is 1. The van der Waals surface area contributed by atoms with Crippen molar-refractivity contribution >= 4 is 27.8 Å². The minimum absolute atomic E-state index is 0.0713. The van der Waals surface area contributed by atoms with Crippen LogP contribution in [0.25, 0.3) is 0 Å². The largest absolute Gasteiger partial charge is 0.480 e. The molecule has 1 aliphatic carbocycles. The normalized spacial score (nSPS) is 24.7. The molecule has 0 saturated carbocycles. The van der Waals surface area contributed by atoms with Crippen molar-refractivity contribution in [3.63, 3.8) is 0 Å². The number of halogens is 1. The van der Waals surface area contributed by atoms with Crippen LogP contribution in [0.15, 0.2) is 22.7 Å². The Morgan fingerprint density at radius 1 is 1.29 bits per heavy atom. The van der Waals surface area contributed by atoms with Gasteiger partial charge in [-0.15, -0.1) is 0 Å². The Morgan fingerprint density at radius 2 is 2.05 bits per heavy atom. The molecule has 1 aromatic carbocycles.